The molecule has 0 radical (unpaired) electrons. The minimum Gasteiger partial charge on any atom is -0.493 e. The molecule has 0 unspecified atom stereocenters. The predicted octanol–water partition coefficient (Wildman–Crippen LogP) is 4.03. The summed E-state index contributed by atoms with van der Waals surface area (Å²) in [5, 5.41) is 17.2. The van der Waals surface area contributed by atoms with E-state index in [1.807, 2.05) is 13.8 Å². The number of aliphatic carboxylic acids is 1. The molecule has 128 valence electrons. The van der Waals surface area contributed by atoms with E-state index in [1.165, 1.54) is 6.08 Å². The molecule has 0 aliphatic rings. The first-order chi connectivity index (χ1) is 11.5. The highest BCUT2D eigenvalue weighted by atomic mass is 35.5. The number of halogens is 1. The number of hydrogen-bond acceptors (Lipinski definition) is 5. The molecule has 0 spiro atoms. The fourth-order valence-electron chi connectivity index (χ4n) is 1.97. The molecular weight excluding hydrogens is 350 g/mol. The van der Waals surface area contributed by atoms with Crippen LogP contribution in [0.4, 0.5) is 0 Å². The predicted molar refractivity (Wildman–Crippen MR) is 94.5 cm³/mol. The second-order valence-electron chi connectivity index (χ2n) is 4.85. The maximum absolute atomic E-state index is 11.6. The molecule has 1 heterocycles. The van der Waals surface area contributed by atoms with Crippen LogP contribution in [-0.4, -0.2) is 32.9 Å². The van der Waals surface area contributed by atoms with Crippen molar-refractivity contribution in [3.05, 3.63) is 39.5 Å². The van der Waals surface area contributed by atoms with Crippen LogP contribution in [0.1, 0.15) is 31.7 Å². The number of thioether (sulfide) groups is 1. The lowest BCUT2D eigenvalue weighted by molar-refractivity contribution is -0.131. The summed E-state index contributed by atoms with van der Waals surface area (Å²) >= 11 is 6.99. The van der Waals surface area contributed by atoms with E-state index in [0.717, 1.165) is 30.4 Å². The smallest absolute Gasteiger partial charge is 0.342 e. The van der Waals surface area contributed by atoms with Crippen LogP contribution < -0.4 is 4.74 Å². The third-order valence-corrected chi connectivity index (χ3v) is 4.08. The first-order valence-electron chi connectivity index (χ1n) is 7.50. The summed E-state index contributed by atoms with van der Waals surface area (Å²) in [6.07, 6.45) is 3.21. The molecule has 2 N–H and O–H groups in total. The molecule has 1 aromatic heterocycles. The third-order valence-electron chi connectivity index (χ3n) is 2.97. The Morgan fingerprint density at radius 2 is 2.25 bits per heavy atom. The van der Waals surface area contributed by atoms with Gasteiger partial charge >= 0.3 is 5.97 Å². The molecule has 0 saturated heterocycles. The molecule has 0 aliphatic heterocycles. The van der Waals surface area contributed by atoms with Crippen LogP contribution in [0.2, 0.25) is 5.02 Å². The van der Waals surface area contributed by atoms with Crippen molar-refractivity contribution in [1.82, 2.24) is 15.2 Å². The average molecular weight is 368 g/mol. The summed E-state index contributed by atoms with van der Waals surface area (Å²) in [4.78, 5) is 15.9. The van der Waals surface area contributed by atoms with Crippen molar-refractivity contribution in [2.45, 2.75) is 31.8 Å². The minimum absolute atomic E-state index is 0.0836. The van der Waals surface area contributed by atoms with E-state index in [4.69, 9.17) is 16.3 Å². The molecule has 2 aromatic rings. The lowest BCUT2D eigenvalue weighted by Gasteiger charge is -2.08. The highest BCUT2D eigenvalue weighted by Crippen LogP contribution is 2.30. The molecule has 0 bridgehead atoms. The average Bonchev–Trinajstić information content (AvgIpc) is 2.97. The number of nitrogens with one attached hydrogen (secondary N) is 1. The number of aromatic nitrogens is 3. The van der Waals surface area contributed by atoms with E-state index in [2.05, 4.69) is 15.2 Å². The Labute approximate surface area is 149 Å². The van der Waals surface area contributed by atoms with E-state index in [-0.39, 0.29) is 4.91 Å². The number of rotatable bonds is 8. The maximum Gasteiger partial charge on any atom is 0.342 e. The number of ether oxygens (including phenoxy) is 1. The largest absolute Gasteiger partial charge is 0.493 e. The fourth-order valence-corrected chi connectivity index (χ4v) is 2.86. The van der Waals surface area contributed by atoms with Crippen molar-refractivity contribution in [2.75, 3.05) is 6.61 Å². The van der Waals surface area contributed by atoms with Gasteiger partial charge in [-0.15, -0.1) is 5.10 Å². The number of H-pyrrole nitrogens is 1. The number of carbonyl (C=O) groups is 1. The number of carboxylic acids is 1. The number of carboxylic acid groups (broad SMARTS) is 1. The number of aromatic amines is 1. The quantitative estimate of drug-likeness (QED) is 0.541. The van der Waals surface area contributed by atoms with Crippen LogP contribution in [0.5, 0.6) is 5.75 Å². The lowest BCUT2D eigenvalue weighted by Crippen LogP contribution is -1.99. The molecule has 24 heavy (non-hydrogen) atoms. The Bertz CT molecular complexity index is 746. The Morgan fingerprint density at radius 1 is 1.46 bits per heavy atom. The second-order valence-corrected chi connectivity index (χ2v) is 6.29. The van der Waals surface area contributed by atoms with Crippen LogP contribution in [0, 0.1) is 0 Å². The fraction of sp³-hybridized carbons (Fsp3) is 0.312. The number of nitrogens with zero attached hydrogens (tertiary/aromatic N) is 2. The van der Waals surface area contributed by atoms with Crippen molar-refractivity contribution in [2.24, 2.45) is 0 Å². The monoisotopic (exact) mass is 367 g/mol. The maximum atomic E-state index is 11.6. The van der Waals surface area contributed by atoms with Crippen LogP contribution in [-0.2, 0) is 11.2 Å². The van der Waals surface area contributed by atoms with Gasteiger partial charge in [0.05, 0.1) is 6.61 Å². The highest BCUT2D eigenvalue weighted by Gasteiger charge is 2.15. The molecular formula is C16H18ClN3O3S. The van der Waals surface area contributed by atoms with E-state index in [1.54, 1.807) is 18.2 Å². The van der Waals surface area contributed by atoms with E-state index in [9.17, 15) is 9.90 Å². The molecule has 2 rings (SSSR count). The molecule has 0 fully saturated rings. The SMILES string of the molecule is CCCc1nc(S/C(=C\c2cc(Cl)ccc2OCC)C(=O)O)n[nH]1. The van der Waals surface area contributed by atoms with Gasteiger partial charge in [0.2, 0.25) is 5.16 Å². The van der Waals surface area contributed by atoms with Crippen molar-refractivity contribution in [1.29, 1.82) is 0 Å². The summed E-state index contributed by atoms with van der Waals surface area (Å²) in [6, 6.07) is 5.08. The van der Waals surface area contributed by atoms with Crippen molar-refractivity contribution < 1.29 is 14.6 Å². The van der Waals surface area contributed by atoms with Gasteiger partial charge in [-0.25, -0.2) is 9.78 Å². The van der Waals surface area contributed by atoms with Gasteiger partial charge in [-0.2, -0.15) is 0 Å². The summed E-state index contributed by atoms with van der Waals surface area (Å²) in [6.45, 7) is 4.36. The van der Waals surface area contributed by atoms with Crippen molar-refractivity contribution >= 4 is 35.4 Å². The Balaban J connectivity index is 2.31. The molecule has 0 aliphatic carbocycles. The topological polar surface area (TPSA) is 88.1 Å². The van der Waals surface area contributed by atoms with Crippen LogP contribution >= 0.6 is 23.4 Å². The Morgan fingerprint density at radius 3 is 2.92 bits per heavy atom. The van der Waals surface area contributed by atoms with Gasteiger partial charge in [-0.1, -0.05) is 18.5 Å². The molecule has 8 heteroatoms. The number of hydrogen-bond donors (Lipinski definition) is 2. The summed E-state index contributed by atoms with van der Waals surface area (Å²) in [5.41, 5.74) is 0.596. The molecule has 6 nitrogen and oxygen atoms in total. The number of benzene rings is 1. The van der Waals surface area contributed by atoms with Crippen molar-refractivity contribution in [3.63, 3.8) is 0 Å². The number of aryl methyl sites for hydroxylation is 1. The van der Waals surface area contributed by atoms with E-state index >= 15 is 0 Å². The molecule has 0 saturated carbocycles. The summed E-state index contributed by atoms with van der Waals surface area (Å²) in [5.74, 6) is 0.245. The zero-order chi connectivity index (χ0) is 17.5. The van der Waals surface area contributed by atoms with Gasteiger partial charge in [0.25, 0.3) is 0 Å². The minimum atomic E-state index is -1.07. The highest BCUT2D eigenvalue weighted by molar-refractivity contribution is 8.04. The van der Waals surface area contributed by atoms with Crippen LogP contribution in [0.15, 0.2) is 28.3 Å². The summed E-state index contributed by atoms with van der Waals surface area (Å²) < 4.78 is 5.52. The van der Waals surface area contributed by atoms with Gasteiger partial charge in [-0.3, -0.25) is 5.10 Å². The van der Waals surface area contributed by atoms with Gasteiger partial charge in [-0.05, 0) is 49.4 Å². The normalized spacial score (nSPS) is 11.5. The van der Waals surface area contributed by atoms with Crippen LogP contribution in [0.3, 0.4) is 0 Å². The molecule has 0 amide bonds. The van der Waals surface area contributed by atoms with Crippen molar-refractivity contribution in [3.8, 4) is 5.75 Å². The zero-order valence-electron chi connectivity index (χ0n) is 13.4. The Kier molecular flexibility index (Phi) is 6.69. The van der Waals surface area contributed by atoms with Gasteiger partial charge in [0.15, 0.2) is 0 Å². The first-order valence-corrected chi connectivity index (χ1v) is 8.69. The van der Waals surface area contributed by atoms with Gasteiger partial charge < -0.3 is 9.84 Å². The van der Waals surface area contributed by atoms with Gasteiger partial charge in [0.1, 0.15) is 16.5 Å². The first kappa shape index (κ1) is 18.4. The second kappa shape index (κ2) is 8.75. The molecule has 0 atom stereocenters. The van der Waals surface area contributed by atoms with E-state index in [0.29, 0.717) is 28.1 Å². The summed E-state index contributed by atoms with van der Waals surface area (Å²) in [7, 11) is 0. The van der Waals surface area contributed by atoms with Gasteiger partial charge in [0, 0.05) is 17.0 Å². The Hall–Kier alpha value is -1.99. The lowest BCUT2D eigenvalue weighted by atomic mass is 10.2. The van der Waals surface area contributed by atoms with E-state index < -0.39 is 5.97 Å². The molecule has 1 aromatic carbocycles. The standard InChI is InChI=1S/C16H18ClN3O3S/c1-3-5-14-18-16(20-19-14)24-13(15(21)22)9-10-8-11(17)6-7-12(10)23-4-2/h6-9H,3-5H2,1-2H3,(H,21,22)(H,18,19,20)/b13-9-. The van der Waals surface area contributed by atoms with Crippen LogP contribution in [0.25, 0.3) is 6.08 Å². The third kappa shape index (κ3) is 5.01. The zero-order valence-corrected chi connectivity index (χ0v) is 14.9.